The van der Waals surface area contributed by atoms with Gasteiger partial charge in [-0.3, -0.25) is 0 Å². The number of unbranched alkanes of at least 4 members (excludes halogenated alkanes) is 59. The van der Waals surface area contributed by atoms with Crippen LogP contribution in [0.4, 0.5) is 0 Å². The smallest absolute Gasteiger partial charge is 0.0654 e. The van der Waals surface area contributed by atoms with Crippen molar-refractivity contribution < 1.29 is 22.7 Å². The fourth-order valence-corrected chi connectivity index (χ4v) is 19.2. The Hall–Kier alpha value is -1.82. The van der Waals surface area contributed by atoms with Crippen LogP contribution < -0.4 is 0 Å². The van der Waals surface area contributed by atoms with E-state index in [-0.39, 0.29) is 0 Å². The van der Waals surface area contributed by atoms with Crippen molar-refractivity contribution in [2.75, 3.05) is 0 Å². The summed E-state index contributed by atoms with van der Waals surface area (Å²) in [6.07, 6.45) is 106. The minimum Gasteiger partial charge on any atom is -0.0654 e. The minimum atomic E-state index is 0.936. The van der Waals surface area contributed by atoms with Crippen molar-refractivity contribution >= 4 is 11.4 Å². The van der Waals surface area contributed by atoms with Crippen LogP contribution in [0.2, 0.25) is 9.79 Å². The second-order valence-corrected chi connectivity index (χ2v) is 36.8. The summed E-state index contributed by atoms with van der Waals surface area (Å²) in [6.45, 7) is 23.2. The molecule has 1 aliphatic heterocycles. The van der Waals surface area contributed by atoms with Crippen molar-refractivity contribution in [3.05, 3.63) is 85.5 Å². The summed E-state index contributed by atoms with van der Waals surface area (Å²) >= 11 is 1.05. The summed E-state index contributed by atoms with van der Waals surface area (Å²) in [6, 6.07) is 10.00. The Bertz CT molecular complexity index is 2240. The van der Waals surface area contributed by atoms with Gasteiger partial charge < -0.3 is 5.53 Å². The Labute approximate surface area is 681 Å². The molecule has 0 aromatic heterocycles. The molecule has 107 heavy (non-hydrogen) atoms. The first-order valence-corrected chi connectivity index (χ1v) is 51.8. The average Bonchev–Trinajstić information content (AvgIpc) is 1.61. The molecule has 2 aromatic rings. The molecule has 2 nitrogen and oxygen atoms in total. The van der Waals surface area contributed by atoms with Gasteiger partial charge in [0, 0.05) is 22.3 Å². The molecular weight excluding hydrogens is 1380 g/mol. The van der Waals surface area contributed by atoms with Crippen molar-refractivity contribution in [1.29, 1.82) is 0 Å². The summed E-state index contributed by atoms with van der Waals surface area (Å²) in [5, 5.41) is 0. The molecule has 0 saturated carbocycles. The SMILES string of the molecule is CCCCCCC1=C(c2cc(CCCC)c(CCCC)c(CCCC)c2)[N+](=[N-])C(c2cc(CCCC)c(CCCC)c(CCCC)c2)=C1CC.CCCCCCCCCCCCCCCCCCCCCCCCCCC[CH2][Pd][CH2]CCCCCCCCCCCCCCCCCCCCCCCCCCC. The first-order valence-electron chi connectivity index (χ1n) is 49.6. The van der Waals surface area contributed by atoms with E-state index in [9.17, 15) is 5.53 Å². The van der Waals surface area contributed by atoms with Crippen LogP contribution in [-0.2, 0) is 56.5 Å². The van der Waals surface area contributed by atoms with E-state index in [0.717, 1.165) is 67.9 Å². The summed E-state index contributed by atoms with van der Waals surface area (Å²) in [7, 11) is 0. The molecule has 2 aromatic carbocycles. The molecule has 1 aliphatic rings. The molecule has 0 amide bonds. The third kappa shape index (κ3) is 52.3. The first-order chi connectivity index (χ1) is 52.8. The van der Waals surface area contributed by atoms with Gasteiger partial charge in [-0.1, -0.05) is 320 Å². The number of aryl methyl sites for hydroxylation is 4. The molecule has 0 bridgehead atoms. The predicted molar refractivity (Wildman–Crippen MR) is 482 cm³/mol. The molecular formula is C104H190N2Pd. The third-order valence-electron chi connectivity index (χ3n) is 24.3. The topological polar surface area (TPSA) is 25.3 Å². The molecule has 0 N–H and O–H groups in total. The molecule has 626 valence electrons. The van der Waals surface area contributed by atoms with Gasteiger partial charge in [-0.25, -0.2) is 4.70 Å². The van der Waals surface area contributed by atoms with Gasteiger partial charge in [0.1, 0.15) is 0 Å². The van der Waals surface area contributed by atoms with Crippen LogP contribution in [0, 0.1) is 0 Å². The molecule has 3 heteroatoms. The number of allylic oxidation sites excluding steroid dienone is 2. The van der Waals surface area contributed by atoms with Crippen LogP contribution in [0.3, 0.4) is 0 Å². The van der Waals surface area contributed by atoms with E-state index in [1.165, 1.54) is 494 Å². The van der Waals surface area contributed by atoms with Crippen LogP contribution >= 0.6 is 0 Å². The minimum absolute atomic E-state index is 0.936. The Morgan fingerprint density at radius 2 is 0.393 bits per heavy atom. The maximum atomic E-state index is 12.6. The first kappa shape index (κ1) is 101. The Kier molecular flexibility index (Phi) is 72.7. The molecule has 0 radical (unpaired) electrons. The van der Waals surface area contributed by atoms with Gasteiger partial charge >= 0.3 is 169 Å². The standard InChI is InChI=1S/C48H76N2.2C28H57.Pd/c1-9-17-24-25-32-46-43(16-8)47(41-33-37(26-18-10-2)44(30-22-14-6)38(34-41)27-19-11-3)50(49)48(46)42-35-39(28-20-12-4)45(31-23-15-7)40(36-42)29-21-13-5;2*1-3-5-7-9-11-13-15-17-19-21-23-25-27-28-26-24-22-20-18-16-14-12-10-8-6-4-2;/h33-36H,9-32H2,1-8H3;2*1,3-28H2,2H3;. The monoisotopic (exact) mass is 1570 g/mol. The predicted octanol–water partition coefficient (Wildman–Crippen LogP) is 37.5. The number of benzene rings is 2. The zero-order chi connectivity index (χ0) is 77.2. The summed E-state index contributed by atoms with van der Waals surface area (Å²) < 4.78 is 1.68. The van der Waals surface area contributed by atoms with Crippen LogP contribution in [0.1, 0.15) is 563 Å². The molecule has 0 fully saturated rings. The van der Waals surface area contributed by atoms with Crippen LogP contribution in [0.25, 0.3) is 16.9 Å². The third-order valence-corrected chi connectivity index (χ3v) is 26.5. The fraction of sp³-hybridized carbons (Fsp3) is 0.846. The van der Waals surface area contributed by atoms with E-state index in [2.05, 4.69) is 93.5 Å². The van der Waals surface area contributed by atoms with Crippen molar-refractivity contribution in [1.82, 2.24) is 0 Å². The van der Waals surface area contributed by atoms with Gasteiger partial charge in [0.05, 0.1) is 0 Å². The second kappa shape index (κ2) is 76.8. The Balaban J connectivity index is 0.000000732. The van der Waals surface area contributed by atoms with Gasteiger partial charge in [-0.15, -0.1) is 0 Å². The second-order valence-electron chi connectivity index (χ2n) is 34.4. The molecule has 0 unspecified atom stereocenters. The van der Waals surface area contributed by atoms with Crippen LogP contribution in [-0.4, -0.2) is 4.70 Å². The number of hydrogen-bond donors (Lipinski definition) is 0. The number of nitrogens with zero attached hydrogens (tertiary/aromatic N) is 2. The van der Waals surface area contributed by atoms with Crippen molar-refractivity contribution in [3.8, 4) is 0 Å². The molecule has 0 aliphatic carbocycles. The summed E-state index contributed by atoms with van der Waals surface area (Å²) in [4.78, 5) is 3.10. The van der Waals surface area contributed by atoms with E-state index >= 15 is 0 Å². The zero-order valence-electron chi connectivity index (χ0n) is 74.7. The van der Waals surface area contributed by atoms with E-state index < -0.39 is 0 Å². The van der Waals surface area contributed by atoms with Crippen LogP contribution in [0.15, 0.2) is 35.4 Å². The quantitative estimate of drug-likeness (QED) is 0.0358. The van der Waals surface area contributed by atoms with Gasteiger partial charge in [-0.2, -0.15) is 0 Å². The Morgan fingerprint density at radius 1 is 0.206 bits per heavy atom. The van der Waals surface area contributed by atoms with E-state index in [4.69, 9.17) is 0 Å². The molecule has 3 rings (SSSR count). The van der Waals surface area contributed by atoms with Crippen molar-refractivity contribution in [2.24, 2.45) is 0 Å². The molecule has 0 saturated heterocycles. The number of hydrogen-bond acceptors (Lipinski definition) is 0. The molecule has 0 spiro atoms. The van der Waals surface area contributed by atoms with Gasteiger partial charge in [-0.05, 0) is 154 Å². The van der Waals surface area contributed by atoms with Crippen molar-refractivity contribution in [2.45, 2.75) is 567 Å². The van der Waals surface area contributed by atoms with Gasteiger partial charge in [0.2, 0.25) is 11.4 Å². The van der Waals surface area contributed by atoms with Gasteiger partial charge in [0.25, 0.3) is 0 Å². The number of rotatable bonds is 80. The normalized spacial score (nSPS) is 12.5. The van der Waals surface area contributed by atoms with Crippen molar-refractivity contribution in [3.63, 3.8) is 0 Å². The average molecular weight is 1580 g/mol. The van der Waals surface area contributed by atoms with Crippen LogP contribution in [0.5, 0.6) is 0 Å². The summed E-state index contributed by atoms with van der Waals surface area (Å²) in [5.74, 6) is 0. The fourth-order valence-electron chi connectivity index (χ4n) is 17.2. The Morgan fingerprint density at radius 3 is 0.607 bits per heavy atom. The zero-order valence-corrected chi connectivity index (χ0v) is 76.2. The van der Waals surface area contributed by atoms with E-state index in [0.29, 0.717) is 0 Å². The maximum absolute atomic E-state index is 12.6. The molecule has 0 atom stereocenters. The molecule has 1 heterocycles. The van der Waals surface area contributed by atoms with E-state index in [1.807, 2.05) is 0 Å². The van der Waals surface area contributed by atoms with E-state index in [1.54, 1.807) is 25.6 Å². The van der Waals surface area contributed by atoms with Gasteiger partial charge in [0.15, 0.2) is 0 Å². The summed E-state index contributed by atoms with van der Waals surface area (Å²) in [5.41, 5.74) is 29.4.